The average molecular weight is 292 g/mol. The van der Waals surface area contributed by atoms with E-state index in [2.05, 4.69) is 17.1 Å². The fraction of sp³-hybridized carbons (Fsp3) is 0.111. The summed E-state index contributed by atoms with van der Waals surface area (Å²) in [5.41, 5.74) is 2.39. The maximum absolute atomic E-state index is 11.1. The Balaban J connectivity index is 1.97. The molecule has 2 aromatic carbocycles. The van der Waals surface area contributed by atoms with Gasteiger partial charge in [-0.05, 0) is 17.5 Å². The van der Waals surface area contributed by atoms with Crippen molar-refractivity contribution < 1.29 is 9.90 Å². The fourth-order valence-electron chi connectivity index (χ4n) is 2.53. The lowest BCUT2D eigenvalue weighted by Gasteiger charge is -2.19. The van der Waals surface area contributed by atoms with Crippen molar-refractivity contribution in [3.8, 4) is 0 Å². The average Bonchev–Trinajstić information content (AvgIpc) is 3.04. The number of aromatic carboxylic acids is 1. The van der Waals surface area contributed by atoms with Gasteiger partial charge < -0.3 is 9.67 Å². The van der Waals surface area contributed by atoms with Crippen LogP contribution in [-0.4, -0.2) is 20.6 Å². The minimum atomic E-state index is -1.01. The smallest absolute Gasteiger partial charge is 0.356 e. The number of carboxylic acids is 1. The Morgan fingerprint density at radius 1 is 1.05 bits per heavy atom. The third kappa shape index (κ3) is 3.06. The second-order valence-electron chi connectivity index (χ2n) is 5.13. The van der Waals surface area contributed by atoms with E-state index >= 15 is 0 Å². The first-order valence-corrected chi connectivity index (χ1v) is 7.09. The molecule has 0 aliphatic carbocycles. The van der Waals surface area contributed by atoms with Gasteiger partial charge >= 0.3 is 5.97 Å². The number of imidazole rings is 1. The first-order chi connectivity index (χ1) is 10.7. The van der Waals surface area contributed by atoms with Gasteiger partial charge in [0.15, 0.2) is 5.69 Å². The highest BCUT2D eigenvalue weighted by Gasteiger charge is 2.16. The molecule has 22 heavy (non-hydrogen) atoms. The third-order valence-corrected chi connectivity index (χ3v) is 3.64. The highest BCUT2D eigenvalue weighted by Crippen LogP contribution is 2.23. The molecule has 0 saturated carbocycles. The number of nitrogens with zero attached hydrogens (tertiary/aromatic N) is 2. The van der Waals surface area contributed by atoms with E-state index in [4.69, 9.17) is 5.11 Å². The second kappa shape index (κ2) is 6.26. The molecular formula is C18H16N2O2. The van der Waals surface area contributed by atoms with Gasteiger partial charge in [-0.15, -0.1) is 0 Å². The molecule has 1 aromatic heterocycles. The zero-order valence-corrected chi connectivity index (χ0v) is 12.0. The molecule has 1 atom stereocenters. The van der Waals surface area contributed by atoms with Crippen molar-refractivity contribution >= 4 is 5.97 Å². The maximum atomic E-state index is 11.1. The van der Waals surface area contributed by atoms with E-state index in [1.165, 1.54) is 5.56 Å². The van der Waals surface area contributed by atoms with Gasteiger partial charge in [0.25, 0.3) is 0 Å². The Labute approximate surface area is 128 Å². The largest absolute Gasteiger partial charge is 0.476 e. The van der Waals surface area contributed by atoms with Crippen molar-refractivity contribution in [3.63, 3.8) is 0 Å². The normalized spacial score (nSPS) is 12.0. The van der Waals surface area contributed by atoms with Gasteiger partial charge in [0.2, 0.25) is 0 Å². The molecule has 0 fully saturated rings. The zero-order valence-electron chi connectivity index (χ0n) is 12.0. The number of aromatic nitrogens is 2. The van der Waals surface area contributed by atoms with Gasteiger partial charge in [0.05, 0.1) is 12.4 Å². The van der Waals surface area contributed by atoms with Crippen LogP contribution in [0.5, 0.6) is 0 Å². The molecule has 0 saturated heterocycles. The molecule has 0 bridgehead atoms. The van der Waals surface area contributed by atoms with Crippen molar-refractivity contribution in [3.05, 3.63) is 90.0 Å². The SMILES string of the molecule is O=C(O)c1cn(C(Cc2ccccc2)c2ccccc2)cn1. The van der Waals surface area contributed by atoms with Crippen LogP contribution in [0.25, 0.3) is 0 Å². The maximum Gasteiger partial charge on any atom is 0.356 e. The van der Waals surface area contributed by atoms with Crippen LogP contribution < -0.4 is 0 Å². The van der Waals surface area contributed by atoms with Gasteiger partial charge in [-0.3, -0.25) is 0 Å². The van der Waals surface area contributed by atoms with Crippen LogP contribution in [0.3, 0.4) is 0 Å². The predicted molar refractivity (Wildman–Crippen MR) is 83.9 cm³/mol. The van der Waals surface area contributed by atoms with Crippen molar-refractivity contribution in [1.82, 2.24) is 9.55 Å². The van der Waals surface area contributed by atoms with E-state index in [9.17, 15) is 4.79 Å². The molecule has 3 aromatic rings. The Bertz CT molecular complexity index is 751. The summed E-state index contributed by atoms with van der Waals surface area (Å²) in [5.74, 6) is -1.01. The van der Waals surface area contributed by atoms with Crippen molar-refractivity contribution in [1.29, 1.82) is 0 Å². The van der Waals surface area contributed by atoms with Crippen LogP contribution in [0.2, 0.25) is 0 Å². The Hall–Kier alpha value is -2.88. The summed E-state index contributed by atoms with van der Waals surface area (Å²) in [6, 6.07) is 20.2. The highest BCUT2D eigenvalue weighted by molar-refractivity contribution is 5.84. The first kappa shape index (κ1) is 14.1. The molecule has 110 valence electrons. The standard InChI is InChI=1S/C18H16N2O2/c21-18(22)16-12-20(13-19-16)17(15-9-5-2-6-10-15)11-14-7-3-1-4-8-14/h1-10,12-13,17H,11H2,(H,21,22). The molecule has 0 aliphatic rings. The number of hydrogen-bond donors (Lipinski definition) is 1. The van der Waals surface area contributed by atoms with E-state index in [1.807, 2.05) is 53.1 Å². The summed E-state index contributed by atoms with van der Waals surface area (Å²) in [4.78, 5) is 15.0. The van der Waals surface area contributed by atoms with Crippen molar-refractivity contribution in [2.75, 3.05) is 0 Å². The van der Waals surface area contributed by atoms with Crippen LogP contribution >= 0.6 is 0 Å². The van der Waals surface area contributed by atoms with Crippen molar-refractivity contribution in [2.45, 2.75) is 12.5 Å². The summed E-state index contributed by atoms with van der Waals surface area (Å²) in [5, 5.41) is 9.06. The molecule has 1 unspecified atom stereocenters. The summed E-state index contributed by atoms with van der Waals surface area (Å²) >= 11 is 0. The molecule has 1 heterocycles. The molecule has 1 N–H and O–H groups in total. The summed E-state index contributed by atoms with van der Waals surface area (Å²) in [6.07, 6.45) is 3.95. The Morgan fingerprint density at radius 3 is 2.27 bits per heavy atom. The number of hydrogen-bond acceptors (Lipinski definition) is 2. The first-order valence-electron chi connectivity index (χ1n) is 7.09. The van der Waals surface area contributed by atoms with Crippen molar-refractivity contribution in [2.24, 2.45) is 0 Å². The summed E-state index contributed by atoms with van der Waals surface area (Å²) < 4.78 is 1.87. The third-order valence-electron chi connectivity index (χ3n) is 3.64. The van der Waals surface area contributed by atoms with Gasteiger partial charge in [-0.2, -0.15) is 0 Å². The second-order valence-corrected chi connectivity index (χ2v) is 5.13. The van der Waals surface area contributed by atoms with E-state index in [0.29, 0.717) is 0 Å². The molecule has 4 heteroatoms. The van der Waals surface area contributed by atoms with E-state index < -0.39 is 5.97 Å². The minimum absolute atomic E-state index is 0.0178. The number of carboxylic acid groups (broad SMARTS) is 1. The van der Waals surface area contributed by atoms with Crippen LogP contribution in [0.1, 0.15) is 27.7 Å². The summed E-state index contributed by atoms with van der Waals surface area (Å²) in [7, 11) is 0. The number of benzene rings is 2. The lowest BCUT2D eigenvalue weighted by molar-refractivity contribution is 0.0691. The molecular weight excluding hydrogens is 276 g/mol. The molecule has 0 radical (unpaired) electrons. The van der Waals surface area contributed by atoms with E-state index in [-0.39, 0.29) is 11.7 Å². The van der Waals surface area contributed by atoms with Crippen LogP contribution in [0.4, 0.5) is 0 Å². The fourth-order valence-corrected chi connectivity index (χ4v) is 2.53. The topological polar surface area (TPSA) is 55.1 Å². The van der Waals surface area contributed by atoms with Crippen LogP contribution in [-0.2, 0) is 6.42 Å². The number of carbonyl (C=O) groups is 1. The van der Waals surface area contributed by atoms with Gasteiger partial charge in [-0.1, -0.05) is 60.7 Å². The highest BCUT2D eigenvalue weighted by atomic mass is 16.4. The van der Waals surface area contributed by atoms with Gasteiger partial charge in [0.1, 0.15) is 0 Å². The predicted octanol–water partition coefficient (Wildman–Crippen LogP) is 3.41. The minimum Gasteiger partial charge on any atom is -0.476 e. The molecule has 0 amide bonds. The van der Waals surface area contributed by atoms with Gasteiger partial charge in [0, 0.05) is 6.20 Å². The zero-order chi connectivity index (χ0) is 15.4. The molecule has 4 nitrogen and oxygen atoms in total. The quantitative estimate of drug-likeness (QED) is 0.784. The molecule has 0 aliphatic heterocycles. The lowest BCUT2D eigenvalue weighted by Crippen LogP contribution is -2.12. The van der Waals surface area contributed by atoms with Gasteiger partial charge in [-0.25, -0.2) is 9.78 Å². The lowest BCUT2D eigenvalue weighted by atomic mass is 9.99. The van der Waals surface area contributed by atoms with E-state index in [1.54, 1.807) is 12.5 Å². The number of rotatable bonds is 5. The van der Waals surface area contributed by atoms with Crippen LogP contribution in [0.15, 0.2) is 73.2 Å². The Kier molecular flexibility index (Phi) is 4.01. The molecule has 0 spiro atoms. The monoisotopic (exact) mass is 292 g/mol. The molecule has 3 rings (SSSR count). The summed E-state index contributed by atoms with van der Waals surface area (Å²) in [6.45, 7) is 0. The van der Waals surface area contributed by atoms with E-state index in [0.717, 1.165) is 12.0 Å². The Morgan fingerprint density at radius 2 is 1.68 bits per heavy atom. The van der Waals surface area contributed by atoms with Crippen LogP contribution in [0, 0.1) is 0 Å².